The van der Waals surface area contributed by atoms with Gasteiger partial charge in [0.2, 0.25) is 0 Å². The van der Waals surface area contributed by atoms with Crippen LogP contribution in [0.5, 0.6) is 0 Å². The first-order valence-electron chi connectivity index (χ1n) is 5.20. The quantitative estimate of drug-likeness (QED) is 0.691. The number of ether oxygens (including phenoxy) is 1. The molecule has 1 heteroatoms. The van der Waals surface area contributed by atoms with Crippen LogP contribution in [0.25, 0.3) is 6.08 Å². The van der Waals surface area contributed by atoms with Crippen LogP contribution < -0.4 is 0 Å². The summed E-state index contributed by atoms with van der Waals surface area (Å²) in [7, 11) is 1.66. The zero-order valence-corrected chi connectivity index (χ0v) is 10.1. The van der Waals surface area contributed by atoms with Crippen molar-refractivity contribution in [1.29, 1.82) is 0 Å². The molecule has 86 valence electrons. The van der Waals surface area contributed by atoms with Crippen LogP contribution in [0, 0.1) is 6.92 Å². The van der Waals surface area contributed by atoms with Gasteiger partial charge in [0, 0.05) is 7.11 Å². The smallest absolute Gasteiger partial charge is 0.0646 e. The van der Waals surface area contributed by atoms with Gasteiger partial charge in [-0.15, -0.1) is 0 Å². The number of benzene rings is 1. The van der Waals surface area contributed by atoms with Crippen LogP contribution in [-0.4, -0.2) is 13.7 Å². The van der Waals surface area contributed by atoms with Crippen molar-refractivity contribution in [3.63, 3.8) is 0 Å². The molecule has 0 radical (unpaired) electrons. The van der Waals surface area contributed by atoms with E-state index in [1.165, 1.54) is 11.1 Å². The Morgan fingerprint density at radius 3 is 2.38 bits per heavy atom. The van der Waals surface area contributed by atoms with Crippen molar-refractivity contribution in [2.75, 3.05) is 13.7 Å². The first-order chi connectivity index (χ1) is 7.76. The lowest BCUT2D eigenvalue weighted by molar-refractivity contribution is 0.234. The first-order valence-corrected chi connectivity index (χ1v) is 5.20. The molecule has 0 saturated heterocycles. The van der Waals surface area contributed by atoms with E-state index >= 15 is 0 Å². The molecule has 0 N–H and O–H groups in total. The van der Waals surface area contributed by atoms with Crippen molar-refractivity contribution in [1.82, 2.24) is 0 Å². The normalized spacial score (nSPS) is 9.38. The van der Waals surface area contributed by atoms with Crippen molar-refractivity contribution in [2.24, 2.45) is 0 Å². The van der Waals surface area contributed by atoms with Crippen LogP contribution >= 0.6 is 0 Å². The maximum absolute atomic E-state index is 4.71. The minimum Gasteiger partial charge on any atom is -0.381 e. The third kappa shape index (κ3) is 6.80. The molecule has 0 saturated carbocycles. The van der Waals surface area contributed by atoms with Crippen molar-refractivity contribution < 1.29 is 4.74 Å². The monoisotopic (exact) mass is 216 g/mol. The molecule has 16 heavy (non-hydrogen) atoms. The summed E-state index contributed by atoms with van der Waals surface area (Å²) in [6.45, 7) is 9.93. The van der Waals surface area contributed by atoms with Crippen LogP contribution in [0.3, 0.4) is 0 Å². The van der Waals surface area contributed by atoms with Crippen LogP contribution in [-0.2, 0) is 4.74 Å². The van der Waals surface area contributed by atoms with Gasteiger partial charge in [-0.1, -0.05) is 61.7 Å². The van der Waals surface area contributed by atoms with Gasteiger partial charge in [0.15, 0.2) is 0 Å². The average Bonchev–Trinajstić information content (AvgIpc) is 2.31. The molecular weight excluding hydrogens is 196 g/mol. The Hall–Kier alpha value is -1.60. The predicted molar refractivity (Wildman–Crippen MR) is 72.5 cm³/mol. The number of methoxy groups -OCH3 is 1. The van der Waals surface area contributed by atoms with Gasteiger partial charge in [-0.05, 0) is 18.1 Å². The van der Waals surface area contributed by atoms with E-state index in [1.807, 2.05) is 30.4 Å². The molecule has 1 aromatic carbocycles. The van der Waals surface area contributed by atoms with E-state index in [0.29, 0.717) is 6.61 Å². The van der Waals surface area contributed by atoms with E-state index in [1.54, 1.807) is 13.2 Å². The average molecular weight is 216 g/mol. The van der Waals surface area contributed by atoms with Crippen molar-refractivity contribution in [3.05, 3.63) is 66.8 Å². The zero-order chi connectivity index (χ0) is 12.2. The highest BCUT2D eigenvalue weighted by molar-refractivity contribution is 5.50. The number of aryl methyl sites for hydroxylation is 1. The Labute approximate surface area is 98.8 Å². The Morgan fingerprint density at radius 2 is 1.94 bits per heavy atom. The second kappa shape index (κ2) is 9.94. The molecule has 0 bridgehead atoms. The van der Waals surface area contributed by atoms with E-state index in [-0.39, 0.29) is 0 Å². The van der Waals surface area contributed by atoms with Crippen molar-refractivity contribution in [2.45, 2.75) is 6.92 Å². The molecule has 0 aromatic heterocycles. The molecule has 0 amide bonds. The molecule has 0 fully saturated rings. The second-order valence-electron chi connectivity index (χ2n) is 3.18. The summed E-state index contributed by atoms with van der Waals surface area (Å²) in [5.41, 5.74) is 2.50. The Morgan fingerprint density at radius 1 is 1.25 bits per heavy atom. The summed E-state index contributed by atoms with van der Waals surface area (Å²) in [6, 6.07) is 8.19. The molecule has 0 aliphatic carbocycles. The van der Waals surface area contributed by atoms with Gasteiger partial charge in [0.25, 0.3) is 0 Å². The maximum Gasteiger partial charge on any atom is 0.0646 e. The minimum atomic E-state index is 0.673. The lowest BCUT2D eigenvalue weighted by atomic mass is 10.1. The molecule has 0 atom stereocenters. The largest absolute Gasteiger partial charge is 0.381 e. The fraction of sp³-hybridized carbons (Fsp3) is 0.200. The van der Waals surface area contributed by atoms with E-state index in [4.69, 9.17) is 4.74 Å². The summed E-state index contributed by atoms with van der Waals surface area (Å²) in [6.07, 6.45) is 7.34. The fourth-order valence-electron chi connectivity index (χ4n) is 1.06. The van der Waals surface area contributed by atoms with Gasteiger partial charge in [-0.3, -0.25) is 0 Å². The minimum absolute atomic E-state index is 0.673. The molecule has 0 heterocycles. The standard InChI is InChI=1S/C9H10.C6H10O/c1-3-9-7-5-4-6-8(9)2;1-3-4-5-6-7-2/h3-7H,1H2,2H3;3-5H,1,6H2,2H3/b;5-4+. The van der Waals surface area contributed by atoms with Gasteiger partial charge >= 0.3 is 0 Å². The molecular formula is C15H20O. The summed E-state index contributed by atoms with van der Waals surface area (Å²) in [4.78, 5) is 0. The van der Waals surface area contributed by atoms with E-state index in [2.05, 4.69) is 32.2 Å². The summed E-state index contributed by atoms with van der Waals surface area (Å²) in [5.74, 6) is 0. The van der Waals surface area contributed by atoms with E-state index < -0.39 is 0 Å². The van der Waals surface area contributed by atoms with Crippen LogP contribution in [0.2, 0.25) is 0 Å². The highest BCUT2D eigenvalue weighted by Gasteiger charge is 1.86. The van der Waals surface area contributed by atoms with Gasteiger partial charge in [0.05, 0.1) is 6.61 Å². The summed E-state index contributed by atoms with van der Waals surface area (Å²) in [5, 5.41) is 0. The first kappa shape index (κ1) is 14.4. The second-order valence-corrected chi connectivity index (χ2v) is 3.18. The van der Waals surface area contributed by atoms with Gasteiger partial charge in [-0.2, -0.15) is 0 Å². The van der Waals surface area contributed by atoms with Crippen molar-refractivity contribution in [3.8, 4) is 0 Å². The number of rotatable bonds is 4. The third-order valence-corrected chi connectivity index (χ3v) is 1.94. The topological polar surface area (TPSA) is 9.23 Å². The van der Waals surface area contributed by atoms with Gasteiger partial charge in [0.1, 0.15) is 0 Å². The fourth-order valence-corrected chi connectivity index (χ4v) is 1.06. The molecule has 0 aliphatic heterocycles. The molecule has 1 nitrogen and oxygen atoms in total. The van der Waals surface area contributed by atoms with Gasteiger partial charge in [-0.25, -0.2) is 0 Å². The molecule has 0 spiro atoms. The Balaban J connectivity index is 0.000000293. The predicted octanol–water partition coefficient (Wildman–Crippen LogP) is 4.01. The lowest BCUT2D eigenvalue weighted by Crippen LogP contribution is -1.78. The maximum atomic E-state index is 4.71. The Bertz CT molecular complexity index is 337. The number of hydrogen-bond acceptors (Lipinski definition) is 1. The molecule has 1 rings (SSSR count). The zero-order valence-electron chi connectivity index (χ0n) is 10.1. The molecule has 0 aliphatic rings. The van der Waals surface area contributed by atoms with Crippen molar-refractivity contribution >= 4 is 6.08 Å². The summed E-state index contributed by atoms with van der Waals surface area (Å²) >= 11 is 0. The number of hydrogen-bond donors (Lipinski definition) is 0. The number of allylic oxidation sites excluding steroid dienone is 2. The van der Waals surface area contributed by atoms with Gasteiger partial charge < -0.3 is 4.74 Å². The lowest BCUT2D eigenvalue weighted by Gasteiger charge is -1.95. The third-order valence-electron chi connectivity index (χ3n) is 1.94. The van der Waals surface area contributed by atoms with E-state index in [0.717, 1.165) is 0 Å². The molecule has 0 unspecified atom stereocenters. The summed E-state index contributed by atoms with van der Waals surface area (Å²) < 4.78 is 4.71. The van der Waals surface area contributed by atoms with Crippen LogP contribution in [0.15, 0.2) is 55.7 Å². The highest BCUT2D eigenvalue weighted by Crippen LogP contribution is 2.06. The van der Waals surface area contributed by atoms with Crippen LogP contribution in [0.4, 0.5) is 0 Å². The van der Waals surface area contributed by atoms with E-state index in [9.17, 15) is 0 Å². The highest BCUT2D eigenvalue weighted by atomic mass is 16.5. The SMILES string of the molecule is C=C/C=C/COC.C=Cc1ccccc1C. The Kier molecular flexibility index (Phi) is 8.94. The van der Waals surface area contributed by atoms with Crippen LogP contribution in [0.1, 0.15) is 11.1 Å². The molecule has 1 aromatic rings.